The highest BCUT2D eigenvalue weighted by Gasteiger charge is 2.16. The lowest BCUT2D eigenvalue weighted by Gasteiger charge is -2.25. The molecule has 26 heavy (non-hydrogen) atoms. The van der Waals surface area contributed by atoms with Crippen LogP contribution in [-0.2, 0) is 11.2 Å². The van der Waals surface area contributed by atoms with Crippen LogP contribution in [0.25, 0.3) is 0 Å². The van der Waals surface area contributed by atoms with E-state index < -0.39 is 0 Å². The molecule has 0 aliphatic carbocycles. The van der Waals surface area contributed by atoms with Crippen LogP contribution >= 0.6 is 0 Å². The number of rotatable bonds is 9. The molecular formula is C21H28N2O3. The Kier molecular flexibility index (Phi) is 7.48. The highest BCUT2D eigenvalue weighted by atomic mass is 16.5. The summed E-state index contributed by atoms with van der Waals surface area (Å²) in [6.45, 7) is 2.61. The van der Waals surface area contributed by atoms with Crippen LogP contribution in [0.5, 0.6) is 11.5 Å². The van der Waals surface area contributed by atoms with E-state index in [2.05, 4.69) is 41.4 Å². The van der Waals surface area contributed by atoms with Crippen LogP contribution in [0.1, 0.15) is 24.1 Å². The molecule has 0 aliphatic rings. The number of methoxy groups -OCH3 is 1. The minimum Gasteiger partial charge on any atom is -0.493 e. The minimum atomic E-state index is -0.159. The third kappa shape index (κ3) is 5.49. The number of carbonyl (C=O) groups is 1. The molecule has 1 amide bonds. The Morgan fingerprint density at radius 2 is 1.73 bits per heavy atom. The summed E-state index contributed by atoms with van der Waals surface area (Å²) < 4.78 is 10.8. The molecule has 5 nitrogen and oxygen atoms in total. The standard InChI is InChI=1S/C21H28N2O3/c1-5-16-10-12-17(13-11-16)18(23(2)3)14-22-21(24)15-26-20-9-7-6-8-19(20)25-4/h6-13,18H,5,14-15H2,1-4H3,(H,22,24). The van der Waals surface area contributed by atoms with Gasteiger partial charge in [0.15, 0.2) is 18.1 Å². The van der Waals surface area contributed by atoms with Crippen molar-refractivity contribution in [1.29, 1.82) is 0 Å². The number of hydrogen-bond donors (Lipinski definition) is 1. The van der Waals surface area contributed by atoms with Crippen LogP contribution in [0, 0.1) is 0 Å². The van der Waals surface area contributed by atoms with Crippen LogP contribution in [-0.4, -0.2) is 45.2 Å². The molecule has 1 unspecified atom stereocenters. The van der Waals surface area contributed by atoms with Crippen LogP contribution < -0.4 is 14.8 Å². The van der Waals surface area contributed by atoms with E-state index in [4.69, 9.17) is 9.47 Å². The van der Waals surface area contributed by atoms with Crippen LogP contribution in [0.3, 0.4) is 0 Å². The number of benzene rings is 2. The Balaban J connectivity index is 1.90. The van der Waals surface area contributed by atoms with E-state index in [9.17, 15) is 4.79 Å². The smallest absolute Gasteiger partial charge is 0.258 e. The van der Waals surface area contributed by atoms with Crippen molar-refractivity contribution >= 4 is 5.91 Å². The molecule has 0 bridgehead atoms. The number of amides is 1. The summed E-state index contributed by atoms with van der Waals surface area (Å²) in [5.74, 6) is 1.01. The van der Waals surface area contributed by atoms with Crippen LogP contribution in [0.4, 0.5) is 0 Å². The maximum absolute atomic E-state index is 12.2. The van der Waals surface area contributed by atoms with Crippen molar-refractivity contribution in [3.05, 3.63) is 59.7 Å². The summed E-state index contributed by atoms with van der Waals surface area (Å²) in [6, 6.07) is 15.9. The SMILES string of the molecule is CCc1ccc(C(CNC(=O)COc2ccccc2OC)N(C)C)cc1. The molecule has 5 heteroatoms. The molecule has 2 rings (SSSR count). The van der Waals surface area contributed by atoms with E-state index in [0.29, 0.717) is 18.0 Å². The molecule has 0 fully saturated rings. The Morgan fingerprint density at radius 1 is 1.08 bits per heavy atom. The molecule has 0 spiro atoms. The molecule has 0 aliphatic heterocycles. The van der Waals surface area contributed by atoms with Gasteiger partial charge in [-0.3, -0.25) is 4.79 Å². The van der Waals surface area contributed by atoms with Crippen molar-refractivity contribution < 1.29 is 14.3 Å². The highest BCUT2D eigenvalue weighted by Crippen LogP contribution is 2.25. The Labute approximate surface area is 155 Å². The molecule has 0 radical (unpaired) electrons. The van der Waals surface area contributed by atoms with Gasteiger partial charge in [-0.1, -0.05) is 43.3 Å². The van der Waals surface area contributed by atoms with Gasteiger partial charge in [0.2, 0.25) is 0 Å². The van der Waals surface area contributed by atoms with Gasteiger partial charge in [0, 0.05) is 6.54 Å². The molecule has 0 saturated carbocycles. The molecule has 0 saturated heterocycles. The predicted molar refractivity (Wildman–Crippen MR) is 104 cm³/mol. The molecule has 1 atom stereocenters. The van der Waals surface area contributed by atoms with Crippen LogP contribution in [0.2, 0.25) is 0 Å². The number of carbonyl (C=O) groups excluding carboxylic acids is 1. The predicted octanol–water partition coefficient (Wildman–Crippen LogP) is 3.06. The molecule has 140 valence electrons. The van der Waals surface area contributed by atoms with Crippen molar-refractivity contribution in [1.82, 2.24) is 10.2 Å². The first-order valence-electron chi connectivity index (χ1n) is 8.83. The third-order valence-corrected chi connectivity index (χ3v) is 4.32. The zero-order valence-electron chi connectivity index (χ0n) is 16.0. The quantitative estimate of drug-likeness (QED) is 0.750. The summed E-state index contributed by atoms with van der Waals surface area (Å²) >= 11 is 0. The number of likely N-dealkylation sites (N-methyl/N-ethyl adjacent to an activating group) is 1. The van der Waals surface area contributed by atoms with Crippen molar-refractivity contribution in [3.8, 4) is 11.5 Å². The Morgan fingerprint density at radius 3 is 2.31 bits per heavy atom. The fourth-order valence-electron chi connectivity index (χ4n) is 2.72. The normalized spacial score (nSPS) is 11.9. The molecule has 0 heterocycles. The first-order valence-corrected chi connectivity index (χ1v) is 8.83. The monoisotopic (exact) mass is 356 g/mol. The van der Waals surface area contributed by atoms with Gasteiger partial charge in [0.1, 0.15) is 0 Å². The summed E-state index contributed by atoms with van der Waals surface area (Å²) in [5.41, 5.74) is 2.48. The van der Waals surface area contributed by atoms with Gasteiger partial charge in [0.05, 0.1) is 13.2 Å². The zero-order chi connectivity index (χ0) is 18.9. The topological polar surface area (TPSA) is 50.8 Å². The van der Waals surface area contributed by atoms with Crippen molar-refractivity contribution in [2.45, 2.75) is 19.4 Å². The fraction of sp³-hybridized carbons (Fsp3) is 0.381. The maximum Gasteiger partial charge on any atom is 0.258 e. The van der Waals surface area contributed by atoms with Gasteiger partial charge >= 0.3 is 0 Å². The van der Waals surface area contributed by atoms with E-state index >= 15 is 0 Å². The largest absolute Gasteiger partial charge is 0.493 e. The summed E-state index contributed by atoms with van der Waals surface area (Å²) in [7, 11) is 5.60. The lowest BCUT2D eigenvalue weighted by atomic mass is 10.0. The Hall–Kier alpha value is -2.53. The maximum atomic E-state index is 12.2. The van der Waals surface area contributed by atoms with E-state index in [1.807, 2.05) is 26.2 Å². The lowest BCUT2D eigenvalue weighted by Crippen LogP contribution is -2.36. The number of nitrogens with zero attached hydrogens (tertiary/aromatic N) is 1. The minimum absolute atomic E-state index is 0.0463. The average Bonchev–Trinajstić information content (AvgIpc) is 2.67. The molecule has 2 aromatic rings. The number of nitrogens with one attached hydrogen (secondary N) is 1. The van der Waals surface area contributed by atoms with E-state index in [1.165, 1.54) is 11.1 Å². The second-order valence-corrected chi connectivity index (χ2v) is 6.32. The molecular weight excluding hydrogens is 328 g/mol. The Bertz CT molecular complexity index is 699. The van der Waals surface area contributed by atoms with Gasteiger partial charge in [0.25, 0.3) is 5.91 Å². The van der Waals surface area contributed by atoms with Gasteiger partial charge in [-0.05, 0) is 43.8 Å². The van der Waals surface area contributed by atoms with Gasteiger partial charge < -0.3 is 19.7 Å². The average molecular weight is 356 g/mol. The van der Waals surface area contributed by atoms with Crippen molar-refractivity contribution in [2.75, 3.05) is 34.4 Å². The number of hydrogen-bond acceptors (Lipinski definition) is 4. The summed E-state index contributed by atoms with van der Waals surface area (Å²) in [5, 5.41) is 2.95. The van der Waals surface area contributed by atoms with Crippen LogP contribution in [0.15, 0.2) is 48.5 Å². The van der Waals surface area contributed by atoms with E-state index in [-0.39, 0.29) is 18.6 Å². The summed E-state index contributed by atoms with van der Waals surface area (Å²) in [4.78, 5) is 14.3. The molecule has 0 aromatic heterocycles. The van der Waals surface area contributed by atoms with Gasteiger partial charge in [-0.15, -0.1) is 0 Å². The zero-order valence-corrected chi connectivity index (χ0v) is 16.0. The fourth-order valence-corrected chi connectivity index (χ4v) is 2.72. The second-order valence-electron chi connectivity index (χ2n) is 6.32. The summed E-state index contributed by atoms with van der Waals surface area (Å²) in [6.07, 6.45) is 1.02. The highest BCUT2D eigenvalue weighted by molar-refractivity contribution is 5.77. The van der Waals surface area contributed by atoms with Gasteiger partial charge in [-0.25, -0.2) is 0 Å². The van der Waals surface area contributed by atoms with E-state index in [0.717, 1.165) is 6.42 Å². The van der Waals surface area contributed by atoms with Gasteiger partial charge in [-0.2, -0.15) is 0 Å². The molecule has 1 N–H and O–H groups in total. The second kappa shape index (κ2) is 9.82. The van der Waals surface area contributed by atoms with Crippen molar-refractivity contribution in [2.24, 2.45) is 0 Å². The number of para-hydroxylation sites is 2. The first-order chi connectivity index (χ1) is 12.5. The first kappa shape index (κ1) is 19.8. The number of ether oxygens (including phenoxy) is 2. The lowest BCUT2D eigenvalue weighted by molar-refractivity contribution is -0.123. The number of aryl methyl sites for hydroxylation is 1. The van der Waals surface area contributed by atoms with E-state index in [1.54, 1.807) is 19.2 Å². The third-order valence-electron chi connectivity index (χ3n) is 4.32. The molecule has 2 aromatic carbocycles. The van der Waals surface area contributed by atoms with Crippen molar-refractivity contribution in [3.63, 3.8) is 0 Å².